The molecule has 5 nitrogen and oxygen atoms in total. The zero-order chi connectivity index (χ0) is 19.7. The maximum Gasteiger partial charge on any atom is 0.329 e. The summed E-state index contributed by atoms with van der Waals surface area (Å²) < 4.78 is 8.44. The van der Waals surface area contributed by atoms with Gasteiger partial charge in [-0.1, -0.05) is 17.7 Å². The van der Waals surface area contributed by atoms with Crippen LogP contribution in [0.5, 0.6) is 5.75 Å². The highest BCUT2D eigenvalue weighted by atomic mass is 16.5. The molecule has 0 unspecified atom stereocenters. The highest BCUT2D eigenvalue weighted by Gasteiger charge is 2.09. The van der Waals surface area contributed by atoms with Gasteiger partial charge in [0, 0.05) is 20.2 Å². The number of methoxy groups -OCH3 is 1. The summed E-state index contributed by atoms with van der Waals surface area (Å²) in [5, 5.41) is 0. The van der Waals surface area contributed by atoms with Gasteiger partial charge < -0.3 is 4.74 Å². The number of aryl methyl sites for hydroxylation is 3. The third-order valence-electron chi connectivity index (χ3n) is 4.79. The summed E-state index contributed by atoms with van der Waals surface area (Å²) in [5.41, 5.74) is 6.55. The zero-order valence-corrected chi connectivity index (χ0v) is 16.7. The Bertz CT molecular complexity index is 1100. The van der Waals surface area contributed by atoms with E-state index >= 15 is 0 Å². The van der Waals surface area contributed by atoms with Gasteiger partial charge in [0.25, 0.3) is 0 Å². The molecule has 27 heavy (non-hydrogen) atoms. The molecule has 3 aromatic rings. The first kappa shape index (κ1) is 18.7. The molecule has 0 bridgehead atoms. The normalized spacial score (nSPS) is 11.7. The minimum absolute atomic E-state index is 0.121. The Morgan fingerprint density at radius 2 is 1.48 bits per heavy atom. The molecule has 5 heteroatoms. The largest absolute Gasteiger partial charge is 0.497 e. The Kier molecular flexibility index (Phi) is 5.04. The van der Waals surface area contributed by atoms with Crippen LogP contribution >= 0.6 is 0 Å². The molecule has 3 rings (SSSR count). The minimum Gasteiger partial charge on any atom is -0.497 e. The van der Waals surface area contributed by atoms with Crippen LogP contribution in [0.25, 0.3) is 11.3 Å². The van der Waals surface area contributed by atoms with Gasteiger partial charge in [-0.05, 0) is 61.7 Å². The van der Waals surface area contributed by atoms with Crippen molar-refractivity contribution >= 4 is 5.69 Å². The van der Waals surface area contributed by atoms with Crippen molar-refractivity contribution in [1.82, 2.24) is 9.13 Å². The van der Waals surface area contributed by atoms with Crippen LogP contribution in [0.4, 0.5) is 5.69 Å². The van der Waals surface area contributed by atoms with Gasteiger partial charge in [0.05, 0.1) is 18.5 Å². The smallest absolute Gasteiger partial charge is 0.329 e. The zero-order valence-electron chi connectivity index (χ0n) is 16.7. The standard InChI is InChI=1S/C22H25N3O2/c1-14-11-15(2)21(16(3)12-14)23-20-13-19(24(4)22(26)25(20)5)17-7-9-18(27-6)10-8-17/h7-13H,1-6H3. The van der Waals surface area contributed by atoms with E-state index in [9.17, 15) is 4.79 Å². The van der Waals surface area contributed by atoms with Crippen LogP contribution < -0.4 is 15.9 Å². The molecule has 0 spiro atoms. The van der Waals surface area contributed by atoms with Gasteiger partial charge in [0.2, 0.25) is 0 Å². The molecule has 0 amide bonds. The number of rotatable bonds is 3. The van der Waals surface area contributed by atoms with Gasteiger partial charge in [0.15, 0.2) is 0 Å². The predicted octanol–water partition coefficient (Wildman–Crippen LogP) is 3.56. The Labute approximate surface area is 159 Å². The highest BCUT2D eigenvalue weighted by molar-refractivity contribution is 5.60. The van der Waals surface area contributed by atoms with Gasteiger partial charge in [-0.25, -0.2) is 9.79 Å². The van der Waals surface area contributed by atoms with Gasteiger partial charge in [-0.2, -0.15) is 0 Å². The molecule has 0 saturated carbocycles. The van der Waals surface area contributed by atoms with Crippen LogP contribution in [-0.4, -0.2) is 16.2 Å². The lowest BCUT2D eigenvalue weighted by atomic mass is 10.1. The Morgan fingerprint density at radius 3 is 2.04 bits per heavy atom. The number of nitrogens with zero attached hydrogens (tertiary/aromatic N) is 3. The van der Waals surface area contributed by atoms with Crippen molar-refractivity contribution in [2.75, 3.05) is 7.11 Å². The average Bonchev–Trinajstić information content (AvgIpc) is 2.64. The number of aromatic nitrogens is 2. The predicted molar refractivity (Wildman–Crippen MR) is 109 cm³/mol. The van der Waals surface area contributed by atoms with E-state index in [1.54, 1.807) is 30.3 Å². The van der Waals surface area contributed by atoms with Gasteiger partial charge in [0.1, 0.15) is 11.2 Å². The van der Waals surface area contributed by atoms with Crippen molar-refractivity contribution in [2.24, 2.45) is 19.1 Å². The van der Waals surface area contributed by atoms with E-state index in [2.05, 4.69) is 19.1 Å². The van der Waals surface area contributed by atoms with E-state index in [-0.39, 0.29) is 5.69 Å². The number of hydrogen-bond donors (Lipinski definition) is 0. The van der Waals surface area contributed by atoms with Crippen LogP contribution in [0.1, 0.15) is 16.7 Å². The molecular weight excluding hydrogens is 338 g/mol. The number of benzene rings is 2. The fourth-order valence-corrected chi connectivity index (χ4v) is 3.35. The van der Waals surface area contributed by atoms with E-state index in [1.165, 1.54) is 5.56 Å². The summed E-state index contributed by atoms with van der Waals surface area (Å²) >= 11 is 0. The summed E-state index contributed by atoms with van der Waals surface area (Å²) in [6.45, 7) is 6.17. The summed E-state index contributed by atoms with van der Waals surface area (Å²) in [5.74, 6) is 0.779. The SMILES string of the molecule is COc1ccc(-c2cc(=Nc3c(C)cc(C)cc3C)n(C)c(=O)n2C)cc1. The molecule has 0 fully saturated rings. The Balaban J connectivity index is 2.26. The van der Waals surface area contributed by atoms with Crippen molar-refractivity contribution in [3.8, 4) is 17.0 Å². The molecule has 0 saturated heterocycles. The lowest BCUT2D eigenvalue weighted by Gasteiger charge is -2.12. The van der Waals surface area contributed by atoms with Crippen LogP contribution in [0.2, 0.25) is 0 Å². The van der Waals surface area contributed by atoms with E-state index in [1.807, 2.05) is 44.2 Å². The summed E-state index contributed by atoms with van der Waals surface area (Å²) in [6, 6.07) is 13.8. The second kappa shape index (κ2) is 7.27. The van der Waals surface area contributed by atoms with Crippen LogP contribution in [0.3, 0.4) is 0 Å². The third-order valence-corrected chi connectivity index (χ3v) is 4.79. The lowest BCUT2D eigenvalue weighted by molar-refractivity contribution is 0.415. The fraction of sp³-hybridized carbons (Fsp3) is 0.273. The summed E-state index contributed by atoms with van der Waals surface area (Å²) in [7, 11) is 5.16. The van der Waals surface area contributed by atoms with E-state index in [4.69, 9.17) is 9.73 Å². The Hall–Kier alpha value is -3.08. The molecule has 0 aliphatic rings. The second-order valence-electron chi connectivity index (χ2n) is 6.88. The van der Waals surface area contributed by atoms with Gasteiger partial charge in [-0.15, -0.1) is 0 Å². The van der Waals surface area contributed by atoms with Crippen LogP contribution in [0.15, 0.2) is 52.3 Å². The molecule has 2 aromatic carbocycles. The average molecular weight is 363 g/mol. The summed E-state index contributed by atoms with van der Waals surface area (Å²) in [6.07, 6.45) is 0. The van der Waals surface area contributed by atoms with E-state index < -0.39 is 0 Å². The van der Waals surface area contributed by atoms with Crippen molar-refractivity contribution in [1.29, 1.82) is 0 Å². The molecule has 0 aliphatic carbocycles. The maximum absolute atomic E-state index is 12.8. The van der Waals surface area contributed by atoms with Gasteiger partial charge in [-0.3, -0.25) is 9.13 Å². The molecular formula is C22H25N3O2. The first-order chi connectivity index (χ1) is 12.8. The minimum atomic E-state index is -0.121. The highest BCUT2D eigenvalue weighted by Crippen LogP contribution is 2.25. The quantitative estimate of drug-likeness (QED) is 0.714. The lowest BCUT2D eigenvalue weighted by Crippen LogP contribution is -2.37. The molecule has 140 valence electrons. The van der Waals surface area contributed by atoms with Crippen molar-refractivity contribution in [3.63, 3.8) is 0 Å². The molecule has 1 aromatic heterocycles. The van der Waals surface area contributed by atoms with Crippen molar-refractivity contribution < 1.29 is 4.74 Å². The fourth-order valence-electron chi connectivity index (χ4n) is 3.35. The molecule has 0 atom stereocenters. The van der Waals surface area contributed by atoms with Crippen LogP contribution in [0, 0.1) is 20.8 Å². The monoisotopic (exact) mass is 363 g/mol. The third kappa shape index (κ3) is 3.58. The molecule has 1 heterocycles. The van der Waals surface area contributed by atoms with Gasteiger partial charge >= 0.3 is 5.69 Å². The van der Waals surface area contributed by atoms with E-state index in [0.717, 1.165) is 33.8 Å². The Morgan fingerprint density at radius 1 is 0.889 bits per heavy atom. The first-order valence-electron chi connectivity index (χ1n) is 8.86. The summed E-state index contributed by atoms with van der Waals surface area (Å²) in [4.78, 5) is 17.6. The molecule has 0 aliphatic heterocycles. The van der Waals surface area contributed by atoms with Crippen molar-refractivity contribution in [3.05, 3.63) is 75.1 Å². The number of hydrogen-bond acceptors (Lipinski definition) is 3. The maximum atomic E-state index is 12.8. The van der Waals surface area contributed by atoms with Crippen LogP contribution in [-0.2, 0) is 14.1 Å². The topological polar surface area (TPSA) is 48.5 Å². The molecule has 0 radical (unpaired) electrons. The number of ether oxygens (including phenoxy) is 1. The van der Waals surface area contributed by atoms with E-state index in [0.29, 0.717) is 5.49 Å². The molecule has 0 N–H and O–H groups in total. The second-order valence-corrected chi connectivity index (χ2v) is 6.88. The first-order valence-corrected chi connectivity index (χ1v) is 8.86. The van der Waals surface area contributed by atoms with Crippen molar-refractivity contribution in [2.45, 2.75) is 20.8 Å².